The first-order valence-electron chi connectivity index (χ1n) is 9.56. The van der Waals surface area contributed by atoms with Crippen molar-refractivity contribution in [3.8, 4) is 40.0 Å². The minimum absolute atomic E-state index is 0.0691. The molecule has 0 fully saturated rings. The fraction of sp³-hybridized carbons (Fsp3) is 0.190. The summed E-state index contributed by atoms with van der Waals surface area (Å²) in [5.41, 5.74) is 2.32. The fourth-order valence-corrected chi connectivity index (χ4v) is 3.52. The van der Waals surface area contributed by atoms with Gasteiger partial charge in [0.1, 0.15) is 23.6 Å². The van der Waals surface area contributed by atoms with Crippen LogP contribution >= 0.6 is 0 Å². The number of nitrogens with one attached hydrogen (secondary N) is 1. The Morgan fingerprint density at radius 1 is 1.00 bits per heavy atom. The van der Waals surface area contributed by atoms with E-state index in [0.717, 1.165) is 5.56 Å². The number of hydroxylamine groups is 1. The number of alkyl halides is 3. The van der Waals surface area contributed by atoms with E-state index in [1.807, 2.05) is 0 Å². The topological polar surface area (TPSA) is 106 Å². The lowest BCUT2D eigenvalue weighted by Crippen LogP contribution is -2.37. The Balaban J connectivity index is 1.51. The van der Waals surface area contributed by atoms with Gasteiger partial charge in [0.05, 0.1) is 6.04 Å². The third-order valence-electron chi connectivity index (χ3n) is 5.06. The SMILES string of the molecule is ONC1COc2cc(-c3noc(-c4onc(-c5ccccc5)c4C(F)(F)F)n3)ccc2C1. The van der Waals surface area contributed by atoms with E-state index in [1.165, 1.54) is 12.1 Å². The van der Waals surface area contributed by atoms with Crippen LogP contribution in [0.25, 0.3) is 34.3 Å². The normalized spacial score (nSPS) is 15.9. The van der Waals surface area contributed by atoms with E-state index in [0.29, 0.717) is 17.7 Å². The number of hydrogen-bond acceptors (Lipinski definition) is 8. The summed E-state index contributed by atoms with van der Waals surface area (Å²) in [5.74, 6) is -0.451. The van der Waals surface area contributed by atoms with Crippen molar-refractivity contribution in [2.24, 2.45) is 0 Å². The van der Waals surface area contributed by atoms with Crippen molar-refractivity contribution in [3.63, 3.8) is 0 Å². The molecule has 1 unspecified atom stereocenters. The zero-order valence-electron chi connectivity index (χ0n) is 16.3. The van der Waals surface area contributed by atoms with Gasteiger partial charge in [0.25, 0.3) is 5.89 Å². The Bertz CT molecular complexity index is 1250. The monoisotopic (exact) mass is 444 g/mol. The van der Waals surface area contributed by atoms with Crippen molar-refractivity contribution >= 4 is 0 Å². The van der Waals surface area contributed by atoms with Gasteiger partial charge in [-0.05, 0) is 18.1 Å². The molecular weight excluding hydrogens is 429 g/mol. The molecule has 1 aliphatic heterocycles. The summed E-state index contributed by atoms with van der Waals surface area (Å²) in [4.78, 5) is 4.09. The maximum Gasteiger partial charge on any atom is 0.422 e. The average molecular weight is 444 g/mol. The van der Waals surface area contributed by atoms with E-state index in [4.69, 9.17) is 19.0 Å². The number of ether oxygens (including phenoxy) is 1. The Labute approximate surface area is 178 Å². The summed E-state index contributed by atoms with van der Waals surface area (Å²) in [6.07, 6.45) is -4.20. The van der Waals surface area contributed by atoms with Gasteiger partial charge in [-0.3, -0.25) is 0 Å². The van der Waals surface area contributed by atoms with E-state index in [9.17, 15) is 13.2 Å². The molecule has 1 atom stereocenters. The zero-order valence-corrected chi connectivity index (χ0v) is 16.3. The Hall–Kier alpha value is -3.70. The summed E-state index contributed by atoms with van der Waals surface area (Å²) < 4.78 is 57.3. The smallest absolute Gasteiger partial charge is 0.422 e. The highest BCUT2D eigenvalue weighted by atomic mass is 19.4. The second-order valence-electron chi connectivity index (χ2n) is 7.19. The molecule has 0 aliphatic carbocycles. The van der Waals surface area contributed by atoms with Crippen molar-refractivity contribution in [3.05, 3.63) is 59.7 Å². The first kappa shape index (κ1) is 20.2. The standard InChI is InChI=1S/C21H15F3N4O4/c22-21(23,24)16-17(11-4-2-1-3-5-11)27-31-18(16)20-25-19(28-32-20)13-7-6-12-8-14(26-29)10-30-15(12)9-13/h1-7,9,14,26,29H,8,10H2. The largest absolute Gasteiger partial charge is 0.492 e. The first-order valence-corrected chi connectivity index (χ1v) is 9.56. The van der Waals surface area contributed by atoms with Gasteiger partial charge in [0.15, 0.2) is 0 Å². The summed E-state index contributed by atoms with van der Waals surface area (Å²) in [6, 6.07) is 12.8. The lowest BCUT2D eigenvalue weighted by molar-refractivity contribution is -0.136. The van der Waals surface area contributed by atoms with E-state index in [1.54, 1.807) is 36.4 Å². The van der Waals surface area contributed by atoms with Crippen LogP contribution in [0.15, 0.2) is 57.6 Å². The molecule has 11 heteroatoms. The molecular formula is C21H15F3N4O4. The van der Waals surface area contributed by atoms with Crippen LogP contribution in [0.4, 0.5) is 13.2 Å². The molecule has 4 aromatic rings. The van der Waals surface area contributed by atoms with Crippen molar-refractivity contribution < 1.29 is 32.2 Å². The molecule has 2 aromatic heterocycles. The molecule has 0 spiro atoms. The summed E-state index contributed by atoms with van der Waals surface area (Å²) in [7, 11) is 0. The number of benzene rings is 2. The molecule has 5 rings (SSSR count). The number of nitrogens with zero attached hydrogens (tertiary/aromatic N) is 3. The van der Waals surface area contributed by atoms with Gasteiger partial charge >= 0.3 is 6.18 Å². The molecule has 3 heterocycles. The van der Waals surface area contributed by atoms with E-state index in [-0.39, 0.29) is 29.7 Å². The van der Waals surface area contributed by atoms with E-state index < -0.39 is 23.4 Å². The van der Waals surface area contributed by atoms with Crippen LogP contribution in [0, 0.1) is 0 Å². The van der Waals surface area contributed by atoms with Crippen molar-refractivity contribution in [2.75, 3.05) is 6.61 Å². The molecule has 164 valence electrons. The van der Waals surface area contributed by atoms with E-state index >= 15 is 0 Å². The second kappa shape index (κ2) is 7.77. The lowest BCUT2D eigenvalue weighted by Gasteiger charge is -2.24. The molecule has 2 N–H and O–H groups in total. The van der Waals surface area contributed by atoms with Gasteiger partial charge in [-0.15, -0.1) is 0 Å². The van der Waals surface area contributed by atoms with Crippen molar-refractivity contribution in [1.82, 2.24) is 20.8 Å². The number of aromatic nitrogens is 3. The third kappa shape index (κ3) is 3.61. The van der Waals surface area contributed by atoms with Crippen LogP contribution < -0.4 is 10.2 Å². The molecule has 1 aliphatic rings. The highest BCUT2D eigenvalue weighted by molar-refractivity contribution is 5.71. The summed E-state index contributed by atoms with van der Waals surface area (Å²) in [6.45, 7) is 0.264. The van der Waals surface area contributed by atoms with Crippen molar-refractivity contribution in [2.45, 2.75) is 18.6 Å². The van der Waals surface area contributed by atoms with Crippen LogP contribution in [-0.4, -0.2) is 33.2 Å². The minimum atomic E-state index is -4.76. The first-order chi connectivity index (χ1) is 15.4. The highest BCUT2D eigenvalue weighted by Gasteiger charge is 2.43. The quantitative estimate of drug-likeness (QED) is 0.447. The molecule has 2 aromatic carbocycles. The van der Waals surface area contributed by atoms with Gasteiger partial charge < -0.3 is 19.0 Å². The number of rotatable bonds is 4. The zero-order chi connectivity index (χ0) is 22.3. The van der Waals surface area contributed by atoms with Crippen LogP contribution in [0.3, 0.4) is 0 Å². The summed E-state index contributed by atoms with van der Waals surface area (Å²) in [5, 5.41) is 16.5. The maximum atomic E-state index is 13.9. The Kier molecular flexibility index (Phi) is 4.91. The van der Waals surface area contributed by atoms with Crippen LogP contribution in [-0.2, 0) is 12.6 Å². The van der Waals surface area contributed by atoms with Crippen LogP contribution in [0.5, 0.6) is 5.75 Å². The van der Waals surface area contributed by atoms with E-state index in [2.05, 4.69) is 20.8 Å². The predicted molar refractivity (Wildman–Crippen MR) is 104 cm³/mol. The predicted octanol–water partition coefficient (Wildman–Crippen LogP) is 4.36. The van der Waals surface area contributed by atoms with Gasteiger partial charge in [0.2, 0.25) is 11.6 Å². The second-order valence-corrected chi connectivity index (χ2v) is 7.19. The molecule has 0 amide bonds. The molecule has 0 bridgehead atoms. The van der Waals surface area contributed by atoms with Gasteiger partial charge in [-0.2, -0.15) is 23.6 Å². The Morgan fingerprint density at radius 3 is 2.56 bits per heavy atom. The fourth-order valence-electron chi connectivity index (χ4n) is 3.52. The molecule has 0 radical (unpaired) electrons. The van der Waals surface area contributed by atoms with Gasteiger partial charge in [-0.1, -0.05) is 52.8 Å². The number of halogens is 3. The molecule has 8 nitrogen and oxygen atoms in total. The van der Waals surface area contributed by atoms with Crippen LogP contribution in [0.1, 0.15) is 11.1 Å². The summed E-state index contributed by atoms with van der Waals surface area (Å²) >= 11 is 0. The Morgan fingerprint density at radius 2 is 1.81 bits per heavy atom. The molecule has 32 heavy (non-hydrogen) atoms. The lowest BCUT2D eigenvalue weighted by atomic mass is 10.0. The average Bonchev–Trinajstić information content (AvgIpc) is 3.46. The number of hydrogen-bond donors (Lipinski definition) is 2. The van der Waals surface area contributed by atoms with Gasteiger partial charge in [0, 0.05) is 11.1 Å². The highest BCUT2D eigenvalue weighted by Crippen LogP contribution is 2.43. The maximum absolute atomic E-state index is 13.9. The number of fused-ring (bicyclic) bond motifs is 1. The minimum Gasteiger partial charge on any atom is -0.492 e. The van der Waals surface area contributed by atoms with Gasteiger partial charge in [-0.25, -0.2) is 0 Å². The molecule has 0 saturated carbocycles. The molecule has 0 saturated heterocycles. The van der Waals surface area contributed by atoms with Crippen molar-refractivity contribution in [1.29, 1.82) is 0 Å². The van der Waals surface area contributed by atoms with Crippen LogP contribution in [0.2, 0.25) is 0 Å². The third-order valence-corrected chi connectivity index (χ3v) is 5.06.